The summed E-state index contributed by atoms with van der Waals surface area (Å²) in [6.07, 6.45) is 2.99. The highest BCUT2D eigenvalue weighted by atomic mass is 32.2. The van der Waals surface area contributed by atoms with Crippen LogP contribution in [0.15, 0.2) is 84.1 Å². The molecule has 0 aliphatic carbocycles. The summed E-state index contributed by atoms with van der Waals surface area (Å²) in [5.41, 5.74) is 1.82. The lowest BCUT2D eigenvalue weighted by Crippen LogP contribution is -2.64. The van der Waals surface area contributed by atoms with Crippen LogP contribution in [-0.2, 0) is 23.9 Å². The van der Waals surface area contributed by atoms with Crippen molar-refractivity contribution in [1.29, 1.82) is 0 Å². The third kappa shape index (κ3) is 5.20. The van der Waals surface area contributed by atoms with Crippen LogP contribution < -0.4 is 0 Å². The molecule has 0 N–H and O–H groups in total. The van der Waals surface area contributed by atoms with Crippen LogP contribution >= 0.6 is 11.8 Å². The number of nitrogens with zero attached hydrogens (tertiary/aromatic N) is 1. The second kappa shape index (κ2) is 10.1. The van der Waals surface area contributed by atoms with Gasteiger partial charge in [-0.25, -0.2) is 4.79 Å². The van der Waals surface area contributed by atoms with Crippen molar-refractivity contribution < 1.29 is 23.9 Å². The molecule has 1 unspecified atom stereocenters. The van der Waals surface area contributed by atoms with Crippen LogP contribution in [0.4, 0.5) is 0 Å². The van der Waals surface area contributed by atoms with Gasteiger partial charge in [0.15, 0.2) is 12.0 Å². The predicted molar refractivity (Wildman–Crippen MR) is 135 cm³/mol. The van der Waals surface area contributed by atoms with Gasteiger partial charge in [0.25, 0.3) is 0 Å². The molecule has 182 valence electrons. The molecule has 2 aliphatic heterocycles. The van der Waals surface area contributed by atoms with Gasteiger partial charge in [-0.15, -0.1) is 11.8 Å². The van der Waals surface area contributed by atoms with Gasteiger partial charge in [-0.05, 0) is 44.4 Å². The Balaban J connectivity index is 1.65. The Morgan fingerprint density at radius 1 is 1.03 bits per heavy atom. The fourth-order valence-electron chi connectivity index (χ4n) is 4.16. The van der Waals surface area contributed by atoms with Gasteiger partial charge in [0.05, 0.1) is 0 Å². The van der Waals surface area contributed by atoms with Gasteiger partial charge in [0, 0.05) is 5.75 Å². The van der Waals surface area contributed by atoms with Gasteiger partial charge in [0.1, 0.15) is 16.7 Å². The van der Waals surface area contributed by atoms with E-state index in [9.17, 15) is 14.4 Å². The van der Waals surface area contributed by atoms with E-state index in [4.69, 9.17) is 9.47 Å². The smallest absolute Gasteiger partial charge is 0.356 e. The highest BCUT2D eigenvalue weighted by Crippen LogP contribution is 2.45. The highest BCUT2D eigenvalue weighted by Gasteiger charge is 2.58. The van der Waals surface area contributed by atoms with E-state index < -0.39 is 40.8 Å². The van der Waals surface area contributed by atoms with E-state index in [-0.39, 0.29) is 5.70 Å². The molecule has 0 bridgehead atoms. The van der Waals surface area contributed by atoms with Crippen LogP contribution in [0.2, 0.25) is 0 Å². The molecule has 2 heterocycles. The Labute approximate surface area is 210 Å². The summed E-state index contributed by atoms with van der Waals surface area (Å²) in [6, 6.07) is 19.0. The summed E-state index contributed by atoms with van der Waals surface area (Å²) in [4.78, 5) is 40.9. The van der Waals surface area contributed by atoms with Crippen molar-refractivity contribution in [1.82, 2.24) is 4.90 Å². The number of β-lactam (4-membered cyclic amide) rings is 1. The fraction of sp³-hybridized carbons (Fsp3) is 0.321. The molecule has 2 aliphatic rings. The molecule has 1 amide bonds. The number of allylic oxidation sites excluding steroid dienone is 2. The van der Waals surface area contributed by atoms with Crippen LogP contribution in [0.3, 0.4) is 0 Å². The normalized spacial score (nSPS) is 20.0. The van der Waals surface area contributed by atoms with E-state index >= 15 is 0 Å². The first-order valence-electron chi connectivity index (χ1n) is 11.6. The average molecular weight is 492 g/mol. The zero-order valence-electron chi connectivity index (χ0n) is 20.3. The third-order valence-corrected chi connectivity index (χ3v) is 6.95. The van der Waals surface area contributed by atoms with Crippen molar-refractivity contribution in [2.75, 3.05) is 5.75 Å². The van der Waals surface area contributed by atoms with Crippen molar-refractivity contribution in [3.05, 3.63) is 95.2 Å². The largest absolute Gasteiger partial charge is 0.459 e. The molecule has 0 saturated carbocycles. The van der Waals surface area contributed by atoms with Gasteiger partial charge >= 0.3 is 11.9 Å². The molecule has 1 saturated heterocycles. The Morgan fingerprint density at radius 3 is 2.11 bits per heavy atom. The van der Waals surface area contributed by atoms with E-state index in [0.717, 1.165) is 11.1 Å². The minimum absolute atomic E-state index is 0.188. The van der Waals surface area contributed by atoms with E-state index in [1.54, 1.807) is 20.8 Å². The molecular formula is C28H29NO5S. The molecule has 0 aromatic heterocycles. The standard InChI is InChI=1S/C28H29NO5S/c1-5-12-20-17-35-25-21(26(31)34-28(2,3)4)24(30)29(25)22(20)27(32)33-23(18-13-8-6-9-14-18)19-15-10-7-11-16-19/h5-16,21,23,25H,17H2,1-4H3/b12-5-/t21?,25-/m1/s1. The number of ether oxygens (including phenoxy) is 2. The Hall–Kier alpha value is -3.32. The van der Waals surface area contributed by atoms with E-state index in [2.05, 4.69) is 0 Å². The Bertz CT molecular complexity index is 1130. The Kier molecular flexibility index (Phi) is 7.17. The second-order valence-electron chi connectivity index (χ2n) is 9.40. The summed E-state index contributed by atoms with van der Waals surface area (Å²) in [5.74, 6) is -2.07. The maximum Gasteiger partial charge on any atom is 0.356 e. The molecule has 1 fully saturated rings. The van der Waals surface area contributed by atoms with Gasteiger partial charge in [0.2, 0.25) is 5.91 Å². The van der Waals surface area contributed by atoms with E-state index in [1.807, 2.05) is 79.7 Å². The van der Waals surface area contributed by atoms with E-state index in [1.165, 1.54) is 16.7 Å². The second-order valence-corrected chi connectivity index (χ2v) is 10.5. The molecule has 2 aromatic carbocycles. The minimum Gasteiger partial charge on any atom is -0.459 e. The van der Waals surface area contributed by atoms with Crippen LogP contribution in [0.5, 0.6) is 0 Å². The monoisotopic (exact) mass is 491 g/mol. The average Bonchev–Trinajstić information content (AvgIpc) is 2.82. The summed E-state index contributed by atoms with van der Waals surface area (Å²) in [6.45, 7) is 7.14. The number of benzene rings is 2. The maximum atomic E-state index is 13.6. The minimum atomic E-state index is -0.937. The third-order valence-electron chi connectivity index (χ3n) is 5.65. The van der Waals surface area contributed by atoms with Gasteiger partial charge < -0.3 is 9.47 Å². The number of fused-ring (bicyclic) bond motifs is 1. The number of hydrogen-bond donors (Lipinski definition) is 0. The van der Waals surface area contributed by atoms with Gasteiger partial charge in [-0.3, -0.25) is 14.5 Å². The van der Waals surface area contributed by atoms with Crippen molar-refractivity contribution in [2.45, 2.75) is 44.8 Å². The number of hydrogen-bond acceptors (Lipinski definition) is 6. The van der Waals surface area contributed by atoms with Crippen LogP contribution in [-0.4, -0.2) is 39.5 Å². The molecule has 2 aromatic rings. The summed E-state index contributed by atoms with van der Waals surface area (Å²) in [5, 5.41) is -0.499. The summed E-state index contributed by atoms with van der Waals surface area (Å²) in [7, 11) is 0. The van der Waals surface area contributed by atoms with Crippen LogP contribution in [0.1, 0.15) is 44.9 Å². The molecule has 4 rings (SSSR count). The lowest BCUT2D eigenvalue weighted by Gasteiger charge is -2.48. The van der Waals surface area contributed by atoms with Crippen molar-refractivity contribution in [3.63, 3.8) is 0 Å². The number of carbonyl (C=O) groups excluding carboxylic acids is 3. The molecule has 6 nitrogen and oxygen atoms in total. The van der Waals surface area contributed by atoms with Crippen LogP contribution in [0.25, 0.3) is 0 Å². The van der Waals surface area contributed by atoms with Gasteiger partial charge in [-0.2, -0.15) is 0 Å². The first-order chi connectivity index (χ1) is 16.7. The van der Waals surface area contributed by atoms with Crippen molar-refractivity contribution >= 4 is 29.6 Å². The number of rotatable bonds is 6. The zero-order chi connectivity index (χ0) is 25.2. The number of amides is 1. The van der Waals surface area contributed by atoms with Crippen molar-refractivity contribution in [2.24, 2.45) is 5.92 Å². The van der Waals surface area contributed by atoms with Crippen molar-refractivity contribution in [3.8, 4) is 0 Å². The molecule has 0 radical (unpaired) electrons. The quantitative estimate of drug-likeness (QED) is 0.321. The van der Waals surface area contributed by atoms with E-state index in [0.29, 0.717) is 11.3 Å². The number of carbonyl (C=O) groups is 3. The fourth-order valence-corrected chi connectivity index (χ4v) is 5.52. The molecule has 35 heavy (non-hydrogen) atoms. The Morgan fingerprint density at radius 2 is 1.60 bits per heavy atom. The molecular weight excluding hydrogens is 462 g/mol. The molecule has 2 atom stereocenters. The molecule has 7 heteroatoms. The highest BCUT2D eigenvalue weighted by molar-refractivity contribution is 8.00. The topological polar surface area (TPSA) is 72.9 Å². The lowest BCUT2D eigenvalue weighted by atomic mass is 9.95. The predicted octanol–water partition coefficient (Wildman–Crippen LogP) is 5.02. The summed E-state index contributed by atoms with van der Waals surface area (Å²) < 4.78 is 11.5. The first kappa shape index (κ1) is 24.8. The zero-order valence-corrected chi connectivity index (χ0v) is 21.1. The lowest BCUT2D eigenvalue weighted by molar-refractivity contribution is -0.175. The SMILES string of the molecule is C/C=C\C1=C(C(=O)OC(c2ccccc2)c2ccccc2)N2C(=O)C(C(=O)OC(C)(C)C)[C@H]2SC1. The first-order valence-corrected chi connectivity index (χ1v) is 12.6. The maximum absolute atomic E-state index is 13.6. The number of esters is 2. The summed E-state index contributed by atoms with van der Waals surface area (Å²) >= 11 is 1.45. The van der Waals surface area contributed by atoms with Crippen LogP contribution in [0, 0.1) is 5.92 Å². The number of thioether (sulfide) groups is 1. The molecule has 0 spiro atoms. The van der Waals surface area contributed by atoms with Gasteiger partial charge in [-0.1, -0.05) is 72.8 Å².